The van der Waals surface area contributed by atoms with Crippen LogP contribution < -0.4 is 25.4 Å². The fourth-order valence-corrected chi connectivity index (χ4v) is 4.97. The van der Waals surface area contributed by atoms with Crippen molar-refractivity contribution in [2.24, 2.45) is 0 Å². The maximum absolute atomic E-state index is 13.3. The number of rotatable bonds is 9. The second-order valence-electron chi connectivity index (χ2n) is 9.25. The predicted octanol–water partition coefficient (Wildman–Crippen LogP) is 5.38. The molecular weight excluding hydrogens is 552 g/mol. The molecule has 3 amide bonds. The Kier molecular flexibility index (Phi) is 9.15. The number of hydrogen-bond donors (Lipinski definition) is 3. The molecule has 5 rings (SSSR count). The van der Waals surface area contributed by atoms with E-state index >= 15 is 0 Å². The molecule has 0 fully saturated rings. The van der Waals surface area contributed by atoms with Gasteiger partial charge in [-0.25, -0.2) is 0 Å². The highest BCUT2D eigenvalue weighted by Gasteiger charge is 2.19. The average Bonchev–Trinajstić information content (AvgIpc) is 3.01. The third kappa shape index (κ3) is 7.55. The van der Waals surface area contributed by atoms with Crippen LogP contribution in [-0.4, -0.2) is 41.2 Å². The van der Waals surface area contributed by atoms with Crippen LogP contribution in [-0.2, 0) is 9.59 Å². The van der Waals surface area contributed by atoms with Gasteiger partial charge in [0, 0.05) is 40.3 Å². The molecule has 0 bridgehead atoms. The molecule has 0 spiro atoms. The van der Waals surface area contributed by atoms with E-state index < -0.39 is 17.1 Å². The van der Waals surface area contributed by atoms with Gasteiger partial charge in [0.1, 0.15) is 18.9 Å². The summed E-state index contributed by atoms with van der Waals surface area (Å²) in [4.78, 5) is 43.9. The van der Waals surface area contributed by atoms with Gasteiger partial charge in [-0.05, 0) is 67.1 Å². The van der Waals surface area contributed by atoms with Crippen LogP contribution >= 0.6 is 11.8 Å². The van der Waals surface area contributed by atoms with Crippen molar-refractivity contribution in [3.63, 3.8) is 0 Å². The Morgan fingerprint density at radius 3 is 2.43 bits per heavy atom. The molecule has 1 aliphatic heterocycles. The van der Waals surface area contributed by atoms with Crippen molar-refractivity contribution >= 4 is 46.9 Å². The Morgan fingerprint density at radius 2 is 1.64 bits per heavy atom. The van der Waals surface area contributed by atoms with E-state index in [1.807, 2.05) is 12.1 Å². The van der Waals surface area contributed by atoms with Gasteiger partial charge in [-0.15, -0.1) is 11.8 Å². The predicted molar refractivity (Wildman–Crippen MR) is 163 cm³/mol. The Hall–Kier alpha value is -5.09. The van der Waals surface area contributed by atoms with Gasteiger partial charge >= 0.3 is 0 Å². The largest absolute Gasteiger partial charge is 0.486 e. The van der Waals surface area contributed by atoms with Crippen molar-refractivity contribution in [2.45, 2.75) is 17.1 Å². The van der Waals surface area contributed by atoms with E-state index in [4.69, 9.17) is 9.47 Å². The molecule has 42 heavy (non-hydrogen) atoms. The molecule has 0 saturated carbocycles. The molecule has 0 saturated heterocycles. The van der Waals surface area contributed by atoms with Crippen molar-refractivity contribution in [1.82, 2.24) is 10.3 Å². The molecule has 0 radical (unpaired) electrons. The Labute approximate surface area is 247 Å². The number of hydrogen-bond acceptors (Lipinski definition) is 7. The van der Waals surface area contributed by atoms with Crippen molar-refractivity contribution in [1.29, 1.82) is 0 Å². The van der Waals surface area contributed by atoms with Gasteiger partial charge in [-0.3, -0.25) is 19.4 Å². The molecule has 3 N–H and O–H groups in total. The van der Waals surface area contributed by atoms with Crippen LogP contribution in [0, 0.1) is 0 Å². The van der Waals surface area contributed by atoms with Crippen molar-refractivity contribution in [3.8, 4) is 11.5 Å². The van der Waals surface area contributed by atoms with E-state index in [0.29, 0.717) is 47.2 Å². The minimum absolute atomic E-state index is 0.0575. The highest BCUT2D eigenvalue weighted by atomic mass is 32.2. The molecule has 10 heteroatoms. The van der Waals surface area contributed by atoms with E-state index in [-0.39, 0.29) is 11.6 Å². The monoisotopic (exact) mass is 580 g/mol. The molecule has 1 aromatic heterocycles. The number of fused-ring (bicyclic) bond motifs is 1. The highest BCUT2D eigenvalue weighted by Crippen LogP contribution is 2.33. The number of pyridine rings is 1. The zero-order chi connectivity index (χ0) is 29.3. The number of carbonyl (C=O) groups excluding carboxylic acids is 3. The molecule has 4 aromatic rings. The first kappa shape index (κ1) is 28.4. The van der Waals surface area contributed by atoms with Gasteiger partial charge in [-0.2, -0.15) is 0 Å². The standard InChI is InChI=1S/C32H28N4O5S/c1-21(30(37)34-25-12-13-28-29(19-25)41-16-15-40-28)42-26-11-5-10-24(18-26)35-32(39)27(17-22-7-6-14-33-20-22)36-31(38)23-8-3-2-4-9-23/h2-14,17-21H,15-16H2,1H3,(H,34,37)(H,35,39)(H,36,38)/b27-17-. The van der Waals surface area contributed by atoms with Crippen LogP contribution in [0.5, 0.6) is 11.5 Å². The number of thioether (sulfide) groups is 1. The maximum atomic E-state index is 13.3. The first-order chi connectivity index (χ1) is 20.4. The number of nitrogens with zero attached hydrogens (tertiary/aromatic N) is 1. The maximum Gasteiger partial charge on any atom is 0.272 e. The lowest BCUT2D eigenvalue weighted by atomic mass is 10.2. The number of anilines is 2. The third-order valence-electron chi connectivity index (χ3n) is 6.11. The van der Waals surface area contributed by atoms with Crippen molar-refractivity contribution in [2.75, 3.05) is 23.8 Å². The lowest BCUT2D eigenvalue weighted by Gasteiger charge is -2.19. The number of benzene rings is 3. The first-order valence-electron chi connectivity index (χ1n) is 13.2. The van der Waals surface area contributed by atoms with Crippen molar-refractivity contribution < 1.29 is 23.9 Å². The van der Waals surface area contributed by atoms with E-state index in [1.165, 1.54) is 11.8 Å². The fourth-order valence-electron chi connectivity index (χ4n) is 4.04. The molecule has 1 unspecified atom stereocenters. The molecule has 212 valence electrons. The van der Waals surface area contributed by atoms with Gasteiger partial charge in [0.15, 0.2) is 11.5 Å². The molecule has 2 heterocycles. The summed E-state index contributed by atoms with van der Waals surface area (Å²) in [7, 11) is 0. The summed E-state index contributed by atoms with van der Waals surface area (Å²) < 4.78 is 11.1. The van der Waals surface area contributed by atoms with E-state index in [0.717, 1.165) is 4.90 Å². The lowest BCUT2D eigenvalue weighted by molar-refractivity contribution is -0.115. The SMILES string of the molecule is CC(Sc1cccc(NC(=O)/C(=C/c2cccnc2)NC(=O)c2ccccc2)c1)C(=O)Nc1ccc2c(c1)OCCO2. The zero-order valence-electron chi connectivity index (χ0n) is 22.7. The topological polar surface area (TPSA) is 119 Å². The Bertz CT molecular complexity index is 1610. The minimum atomic E-state index is -0.505. The van der Waals surface area contributed by atoms with Gasteiger partial charge in [0.05, 0.1) is 5.25 Å². The van der Waals surface area contributed by atoms with Crippen LogP contribution in [0.15, 0.2) is 108 Å². The molecule has 3 aromatic carbocycles. The minimum Gasteiger partial charge on any atom is -0.486 e. The molecule has 1 atom stereocenters. The van der Waals surface area contributed by atoms with Crippen LogP contribution in [0.2, 0.25) is 0 Å². The highest BCUT2D eigenvalue weighted by molar-refractivity contribution is 8.00. The van der Waals surface area contributed by atoms with Gasteiger partial charge in [0.25, 0.3) is 11.8 Å². The smallest absolute Gasteiger partial charge is 0.272 e. The fraction of sp³-hybridized carbons (Fsp3) is 0.125. The van der Waals surface area contributed by atoms with Crippen LogP contribution in [0.3, 0.4) is 0 Å². The van der Waals surface area contributed by atoms with Gasteiger partial charge in [0.2, 0.25) is 5.91 Å². The average molecular weight is 581 g/mol. The quantitative estimate of drug-likeness (QED) is 0.180. The number of ether oxygens (including phenoxy) is 2. The Balaban J connectivity index is 1.25. The molecule has 9 nitrogen and oxygen atoms in total. The third-order valence-corrected chi connectivity index (χ3v) is 7.20. The van der Waals surface area contributed by atoms with E-state index in [1.54, 1.807) is 98.2 Å². The molecular formula is C32H28N4O5S. The van der Waals surface area contributed by atoms with Crippen LogP contribution in [0.4, 0.5) is 11.4 Å². The summed E-state index contributed by atoms with van der Waals surface area (Å²) in [6, 6.07) is 24.6. The molecule has 1 aliphatic rings. The number of carbonyl (C=O) groups is 3. The summed E-state index contributed by atoms with van der Waals surface area (Å²) in [5, 5.41) is 8.04. The normalized spacial score (nSPS) is 13.0. The summed E-state index contributed by atoms with van der Waals surface area (Å²) in [5.74, 6) is 0.146. The zero-order valence-corrected chi connectivity index (χ0v) is 23.5. The first-order valence-corrected chi connectivity index (χ1v) is 14.1. The number of aromatic nitrogens is 1. The Morgan fingerprint density at radius 1 is 0.857 bits per heavy atom. The summed E-state index contributed by atoms with van der Waals surface area (Å²) in [6.45, 7) is 2.76. The summed E-state index contributed by atoms with van der Waals surface area (Å²) in [6.07, 6.45) is 4.78. The van der Waals surface area contributed by atoms with Crippen LogP contribution in [0.25, 0.3) is 6.08 Å². The summed E-state index contributed by atoms with van der Waals surface area (Å²) >= 11 is 1.35. The van der Waals surface area contributed by atoms with E-state index in [9.17, 15) is 14.4 Å². The van der Waals surface area contributed by atoms with Crippen molar-refractivity contribution in [3.05, 3.63) is 114 Å². The number of amides is 3. The van der Waals surface area contributed by atoms with Gasteiger partial charge < -0.3 is 25.4 Å². The second-order valence-corrected chi connectivity index (χ2v) is 10.7. The van der Waals surface area contributed by atoms with Gasteiger partial charge in [-0.1, -0.05) is 30.3 Å². The van der Waals surface area contributed by atoms with Crippen LogP contribution in [0.1, 0.15) is 22.8 Å². The lowest BCUT2D eigenvalue weighted by Crippen LogP contribution is -2.30. The second kappa shape index (κ2) is 13.5. The van der Waals surface area contributed by atoms with E-state index in [2.05, 4.69) is 20.9 Å². The molecule has 0 aliphatic carbocycles. The summed E-state index contributed by atoms with van der Waals surface area (Å²) in [5.41, 5.74) is 2.25. The number of nitrogens with one attached hydrogen (secondary N) is 3.